The highest BCUT2D eigenvalue weighted by Gasteiger charge is 2.20. The molecule has 0 aliphatic carbocycles. The second-order valence-electron chi connectivity index (χ2n) is 8.21. The molecule has 0 spiro atoms. The first-order valence-corrected chi connectivity index (χ1v) is 12.3. The Morgan fingerprint density at radius 3 is 2.61 bits per heavy atom. The van der Waals surface area contributed by atoms with Crippen LogP contribution in [0.1, 0.15) is 17.0 Å². The van der Waals surface area contributed by atoms with Gasteiger partial charge in [0.1, 0.15) is 5.75 Å². The molecule has 0 radical (unpaired) electrons. The van der Waals surface area contributed by atoms with Gasteiger partial charge in [-0.15, -0.1) is 11.3 Å². The first-order valence-electron chi connectivity index (χ1n) is 11.3. The maximum absolute atomic E-state index is 13.4. The molecule has 3 N–H and O–H groups in total. The number of anilines is 1. The maximum Gasteiger partial charge on any atom is 0.341 e. The number of benzene rings is 2. The molecule has 0 fully saturated rings. The number of thiazole rings is 1. The summed E-state index contributed by atoms with van der Waals surface area (Å²) in [5, 5.41) is 17.3. The number of aliphatic carboxylic acids is 1. The van der Waals surface area contributed by atoms with Crippen LogP contribution in [0.5, 0.6) is 5.75 Å². The van der Waals surface area contributed by atoms with E-state index in [0.29, 0.717) is 24.4 Å². The number of hydrogen-bond donors (Lipinski definition) is 3. The highest BCUT2D eigenvalue weighted by molar-refractivity contribution is 7.07. The fraction of sp³-hybridized carbons (Fsp3) is 0.185. The van der Waals surface area contributed by atoms with Crippen LogP contribution in [-0.4, -0.2) is 39.6 Å². The fourth-order valence-electron chi connectivity index (χ4n) is 3.68. The number of ether oxygens (including phenoxy) is 1. The van der Waals surface area contributed by atoms with E-state index in [1.165, 1.54) is 11.3 Å². The number of nitrogens with one attached hydrogen (secondary N) is 2. The van der Waals surface area contributed by atoms with Crippen LogP contribution in [0.2, 0.25) is 0 Å². The minimum Gasteiger partial charge on any atom is -0.482 e. The van der Waals surface area contributed by atoms with Crippen molar-refractivity contribution in [3.63, 3.8) is 0 Å². The number of amides is 1. The standard InChI is InChI=1S/C27H26N4O4S/c1-18-9-20(7-8-28-18)21-11-22(13-24(12-21)35-15-26(32)33)31-27(34)25(10-19-5-3-2-4-6-19)29-14-23-16-36-17-30-23/h2-9,11-13,16-17,25,29H,10,14-15H2,1H3,(H,31,34)(H,32,33). The van der Waals surface area contributed by atoms with Crippen molar-refractivity contribution in [1.82, 2.24) is 15.3 Å². The number of hydrogen-bond acceptors (Lipinski definition) is 7. The van der Waals surface area contributed by atoms with E-state index in [1.54, 1.807) is 23.8 Å². The van der Waals surface area contributed by atoms with Gasteiger partial charge in [0.05, 0.1) is 17.2 Å². The number of pyridine rings is 1. The third-order valence-corrected chi connectivity index (χ3v) is 6.01. The van der Waals surface area contributed by atoms with Crippen molar-refractivity contribution >= 4 is 28.9 Å². The maximum atomic E-state index is 13.4. The Hall–Kier alpha value is -4.08. The number of carbonyl (C=O) groups excluding carboxylic acids is 1. The Morgan fingerprint density at radius 1 is 1.06 bits per heavy atom. The molecule has 8 nitrogen and oxygen atoms in total. The minimum atomic E-state index is -1.08. The second-order valence-corrected chi connectivity index (χ2v) is 8.93. The molecule has 9 heteroatoms. The van der Waals surface area contributed by atoms with Gasteiger partial charge in [-0.25, -0.2) is 9.78 Å². The lowest BCUT2D eigenvalue weighted by Gasteiger charge is -2.19. The number of carbonyl (C=O) groups is 2. The van der Waals surface area contributed by atoms with Gasteiger partial charge in [0.15, 0.2) is 6.61 Å². The number of aromatic nitrogens is 2. The molecule has 4 aromatic rings. The quantitative estimate of drug-likeness (QED) is 0.280. The fourth-order valence-corrected chi connectivity index (χ4v) is 4.24. The van der Waals surface area contributed by atoms with Crippen molar-refractivity contribution in [1.29, 1.82) is 0 Å². The first kappa shape index (κ1) is 25.0. The lowest BCUT2D eigenvalue weighted by atomic mass is 10.0. The monoisotopic (exact) mass is 502 g/mol. The summed E-state index contributed by atoms with van der Waals surface area (Å²) in [4.78, 5) is 33.0. The summed E-state index contributed by atoms with van der Waals surface area (Å²) in [5.74, 6) is -0.962. The SMILES string of the molecule is Cc1cc(-c2cc(NC(=O)C(Cc3ccccc3)NCc3cscn3)cc(OCC(=O)O)c2)ccn1. The highest BCUT2D eigenvalue weighted by atomic mass is 32.1. The summed E-state index contributed by atoms with van der Waals surface area (Å²) in [7, 11) is 0. The lowest BCUT2D eigenvalue weighted by Crippen LogP contribution is -2.41. The summed E-state index contributed by atoms with van der Waals surface area (Å²) < 4.78 is 5.45. The highest BCUT2D eigenvalue weighted by Crippen LogP contribution is 2.29. The molecule has 0 saturated carbocycles. The molecular formula is C27H26N4O4S. The average Bonchev–Trinajstić information content (AvgIpc) is 3.39. The number of carboxylic acid groups (broad SMARTS) is 1. The lowest BCUT2D eigenvalue weighted by molar-refractivity contribution is -0.139. The Balaban J connectivity index is 1.59. The van der Waals surface area contributed by atoms with E-state index in [-0.39, 0.29) is 5.91 Å². The molecule has 0 bridgehead atoms. The number of rotatable bonds is 11. The second kappa shape index (κ2) is 12.1. The minimum absolute atomic E-state index is 0.221. The van der Waals surface area contributed by atoms with E-state index in [9.17, 15) is 9.59 Å². The van der Waals surface area contributed by atoms with E-state index in [1.807, 2.05) is 60.8 Å². The summed E-state index contributed by atoms with van der Waals surface area (Å²) in [6.45, 7) is 1.86. The van der Waals surface area contributed by atoms with Gasteiger partial charge in [0.2, 0.25) is 5.91 Å². The van der Waals surface area contributed by atoms with E-state index in [0.717, 1.165) is 28.1 Å². The van der Waals surface area contributed by atoms with Gasteiger partial charge in [-0.3, -0.25) is 15.1 Å². The summed E-state index contributed by atoms with van der Waals surface area (Å²) in [6, 6.07) is 18.2. The smallest absolute Gasteiger partial charge is 0.341 e. The normalized spacial score (nSPS) is 11.6. The van der Waals surface area contributed by atoms with Gasteiger partial charge in [0, 0.05) is 35.6 Å². The number of nitrogens with zero attached hydrogens (tertiary/aromatic N) is 2. The average molecular weight is 503 g/mol. The third-order valence-electron chi connectivity index (χ3n) is 5.38. The summed E-state index contributed by atoms with van der Waals surface area (Å²) >= 11 is 1.50. The summed E-state index contributed by atoms with van der Waals surface area (Å²) in [6.07, 6.45) is 2.19. The first-order chi connectivity index (χ1) is 17.5. The van der Waals surface area contributed by atoms with Gasteiger partial charge >= 0.3 is 5.97 Å². The Morgan fingerprint density at radius 2 is 1.89 bits per heavy atom. The van der Waals surface area contributed by atoms with Crippen LogP contribution in [0.15, 0.2) is 77.8 Å². The van der Waals surface area contributed by atoms with Crippen LogP contribution < -0.4 is 15.4 Å². The van der Waals surface area contributed by atoms with Gasteiger partial charge in [0.25, 0.3) is 0 Å². The van der Waals surface area contributed by atoms with Crippen molar-refractivity contribution in [2.45, 2.75) is 25.9 Å². The van der Waals surface area contributed by atoms with Crippen LogP contribution in [0.4, 0.5) is 5.69 Å². The zero-order valence-corrected chi connectivity index (χ0v) is 20.5. The molecule has 4 rings (SSSR count). The van der Waals surface area contributed by atoms with Crippen LogP contribution in [0.25, 0.3) is 11.1 Å². The Labute approximate surface area is 213 Å². The van der Waals surface area contributed by atoms with Crippen LogP contribution >= 0.6 is 11.3 Å². The zero-order valence-electron chi connectivity index (χ0n) is 19.7. The molecular weight excluding hydrogens is 476 g/mol. The van der Waals surface area contributed by atoms with Gasteiger partial charge < -0.3 is 15.2 Å². The van der Waals surface area contributed by atoms with E-state index >= 15 is 0 Å². The predicted octanol–water partition coefficient (Wildman–Crippen LogP) is 4.32. The van der Waals surface area contributed by atoms with Gasteiger partial charge in [-0.05, 0) is 54.3 Å². The van der Waals surface area contributed by atoms with Gasteiger partial charge in [-0.1, -0.05) is 30.3 Å². The molecule has 0 aliphatic heterocycles. The van der Waals surface area contributed by atoms with Crippen LogP contribution in [0.3, 0.4) is 0 Å². The van der Waals surface area contributed by atoms with Crippen LogP contribution in [0, 0.1) is 6.92 Å². The largest absolute Gasteiger partial charge is 0.482 e. The molecule has 0 saturated heterocycles. The molecule has 0 aliphatic rings. The van der Waals surface area contributed by atoms with Crippen molar-refractivity contribution in [3.05, 3.63) is 94.7 Å². The molecule has 1 atom stereocenters. The number of aryl methyl sites for hydroxylation is 1. The molecule has 36 heavy (non-hydrogen) atoms. The third kappa shape index (κ3) is 7.21. The molecule has 184 valence electrons. The van der Waals surface area contributed by atoms with Crippen molar-refractivity contribution < 1.29 is 19.4 Å². The van der Waals surface area contributed by atoms with Crippen molar-refractivity contribution in [2.75, 3.05) is 11.9 Å². The number of carboxylic acids is 1. The van der Waals surface area contributed by atoms with E-state index < -0.39 is 18.6 Å². The molecule has 2 aromatic heterocycles. The van der Waals surface area contributed by atoms with Gasteiger partial charge in [-0.2, -0.15) is 0 Å². The zero-order chi connectivity index (χ0) is 25.3. The van der Waals surface area contributed by atoms with Crippen molar-refractivity contribution in [2.24, 2.45) is 0 Å². The Bertz CT molecular complexity index is 1310. The molecule has 2 heterocycles. The predicted molar refractivity (Wildman–Crippen MR) is 139 cm³/mol. The molecule has 1 amide bonds. The van der Waals surface area contributed by atoms with Crippen LogP contribution in [-0.2, 0) is 22.6 Å². The van der Waals surface area contributed by atoms with Crippen molar-refractivity contribution in [3.8, 4) is 16.9 Å². The van der Waals surface area contributed by atoms with E-state index in [2.05, 4.69) is 20.6 Å². The van der Waals surface area contributed by atoms with E-state index in [4.69, 9.17) is 9.84 Å². The topological polar surface area (TPSA) is 113 Å². The molecule has 2 aromatic carbocycles. The summed E-state index contributed by atoms with van der Waals surface area (Å²) in [5.41, 5.74) is 6.63. The molecule has 1 unspecified atom stereocenters. The Kier molecular flexibility index (Phi) is 8.38.